The maximum Gasteiger partial charge on any atom is 0.417 e. The van der Waals surface area contributed by atoms with Crippen LogP contribution in [0.15, 0.2) is 18.2 Å². The smallest absolute Gasteiger partial charge is 0.417 e. The quantitative estimate of drug-likeness (QED) is 0.234. The Morgan fingerprint density at radius 1 is 1.24 bits per heavy atom. The third kappa shape index (κ3) is 5.47. The van der Waals surface area contributed by atoms with Crippen molar-refractivity contribution in [3.8, 4) is 23.2 Å². The minimum Gasteiger partial charge on any atom is -0.461 e. The van der Waals surface area contributed by atoms with Crippen molar-refractivity contribution < 1.29 is 35.9 Å². The number of carbonyl (C=O) groups excluding carboxylic acids is 1. The van der Waals surface area contributed by atoms with E-state index >= 15 is 4.39 Å². The van der Waals surface area contributed by atoms with Crippen molar-refractivity contribution in [2.75, 3.05) is 50.5 Å². The number of nitrogen functional groups attached to an aromatic ring is 1. The molecule has 3 atom stereocenters. The highest BCUT2D eigenvalue weighted by atomic mass is 32.1. The summed E-state index contributed by atoms with van der Waals surface area (Å²) in [5, 5.41) is 9.17. The number of thiophene rings is 1. The van der Waals surface area contributed by atoms with Crippen molar-refractivity contribution in [2.24, 2.45) is 0 Å². The molecule has 1 amide bonds. The van der Waals surface area contributed by atoms with Gasteiger partial charge in [-0.1, -0.05) is 6.07 Å². The third-order valence-corrected chi connectivity index (χ3v) is 11.1. The molecule has 258 valence electrons. The van der Waals surface area contributed by atoms with Crippen LogP contribution in [0.3, 0.4) is 0 Å². The van der Waals surface area contributed by atoms with Crippen molar-refractivity contribution >= 4 is 49.1 Å². The van der Waals surface area contributed by atoms with Gasteiger partial charge in [0.15, 0.2) is 5.82 Å². The summed E-state index contributed by atoms with van der Waals surface area (Å²) in [4.78, 5) is 26.1. The fourth-order valence-corrected chi connectivity index (χ4v) is 8.63. The Balaban J connectivity index is 1.44. The van der Waals surface area contributed by atoms with Crippen LogP contribution in [0.1, 0.15) is 43.7 Å². The summed E-state index contributed by atoms with van der Waals surface area (Å²) in [7, 11) is 1.60. The number of halogens is 6. The van der Waals surface area contributed by atoms with Crippen LogP contribution < -0.4 is 15.4 Å². The van der Waals surface area contributed by atoms with Crippen LogP contribution in [0.2, 0.25) is 0 Å². The lowest BCUT2D eigenvalue weighted by atomic mass is 9.92. The Kier molecular flexibility index (Phi) is 8.05. The zero-order chi connectivity index (χ0) is 35.0. The second-order valence-corrected chi connectivity index (χ2v) is 14.0. The SMILES string of the molecule is CC(=O)N1CC[C@@H](N(C)c2nc(OC[C@@]34CCCN3C[C@H](F)C4)nc3c(F)c(-c4ccc(F)c5sc(N)c(C#N)c45)c(C(F)(F)F)cc23)C1. The highest BCUT2D eigenvalue weighted by molar-refractivity contribution is 7.23. The first-order chi connectivity index (χ1) is 23.2. The molecule has 0 aliphatic carbocycles. The first-order valence-corrected chi connectivity index (χ1v) is 16.6. The number of carbonyl (C=O) groups is 1. The Hall–Kier alpha value is -4.36. The lowest BCUT2D eigenvalue weighted by molar-refractivity contribution is -0.137. The Bertz CT molecular complexity index is 2050. The van der Waals surface area contributed by atoms with Crippen LogP contribution in [0.4, 0.5) is 37.2 Å². The van der Waals surface area contributed by atoms with Crippen molar-refractivity contribution in [3.05, 3.63) is 41.0 Å². The van der Waals surface area contributed by atoms with Gasteiger partial charge in [0.25, 0.3) is 0 Å². The Morgan fingerprint density at radius 3 is 2.71 bits per heavy atom. The zero-order valence-corrected chi connectivity index (χ0v) is 27.3. The summed E-state index contributed by atoms with van der Waals surface area (Å²) >= 11 is 0.678. The Labute approximate surface area is 280 Å². The molecule has 16 heteroatoms. The van der Waals surface area contributed by atoms with Crippen LogP contribution in [-0.2, 0) is 11.0 Å². The van der Waals surface area contributed by atoms with Crippen molar-refractivity contribution in [2.45, 2.75) is 56.5 Å². The molecule has 9 nitrogen and oxygen atoms in total. The number of nitriles is 1. The Morgan fingerprint density at radius 2 is 2.02 bits per heavy atom. The molecule has 2 aromatic carbocycles. The molecule has 2 N–H and O–H groups in total. The average molecular weight is 704 g/mol. The minimum absolute atomic E-state index is 0.0168. The normalized spacial score (nSPS) is 22.6. The molecular weight excluding hydrogens is 672 g/mol. The van der Waals surface area contributed by atoms with Gasteiger partial charge in [-0.2, -0.15) is 28.4 Å². The molecule has 3 fully saturated rings. The van der Waals surface area contributed by atoms with Crippen LogP contribution in [-0.4, -0.2) is 83.3 Å². The summed E-state index contributed by atoms with van der Waals surface area (Å²) in [6, 6.07) is 3.77. The second-order valence-electron chi connectivity index (χ2n) is 13.0. The van der Waals surface area contributed by atoms with Gasteiger partial charge in [-0.3, -0.25) is 9.69 Å². The molecule has 0 radical (unpaired) electrons. The van der Waals surface area contributed by atoms with E-state index in [9.17, 15) is 32.0 Å². The summed E-state index contributed by atoms with van der Waals surface area (Å²) in [6.45, 7) is 3.02. The third-order valence-electron chi connectivity index (χ3n) is 10.1. The number of rotatable bonds is 6. The monoisotopic (exact) mass is 703 g/mol. The van der Waals surface area contributed by atoms with Gasteiger partial charge in [0.1, 0.15) is 41.0 Å². The van der Waals surface area contributed by atoms with Gasteiger partial charge in [0, 0.05) is 62.4 Å². The number of hydrogen-bond acceptors (Lipinski definition) is 9. The molecule has 2 aromatic heterocycles. The molecule has 3 aliphatic heterocycles. The molecule has 3 saturated heterocycles. The predicted molar refractivity (Wildman–Crippen MR) is 172 cm³/mol. The summed E-state index contributed by atoms with van der Waals surface area (Å²) < 4.78 is 97.0. The van der Waals surface area contributed by atoms with E-state index in [2.05, 4.69) is 9.97 Å². The number of fused-ring (bicyclic) bond motifs is 3. The topological polar surface area (TPSA) is 112 Å². The number of likely N-dealkylation sites (tertiary alicyclic amines) is 1. The van der Waals surface area contributed by atoms with Crippen LogP contribution in [0, 0.1) is 23.0 Å². The van der Waals surface area contributed by atoms with E-state index in [1.54, 1.807) is 16.8 Å². The van der Waals surface area contributed by atoms with E-state index in [1.807, 2.05) is 11.0 Å². The van der Waals surface area contributed by atoms with E-state index in [1.165, 1.54) is 6.92 Å². The molecule has 0 bridgehead atoms. The van der Waals surface area contributed by atoms with Gasteiger partial charge >= 0.3 is 12.2 Å². The van der Waals surface area contributed by atoms with Crippen molar-refractivity contribution in [1.82, 2.24) is 19.8 Å². The number of benzene rings is 2. The van der Waals surface area contributed by atoms with Crippen molar-refractivity contribution in [1.29, 1.82) is 5.26 Å². The fourth-order valence-electron chi connectivity index (χ4n) is 7.68. The number of amides is 1. The number of alkyl halides is 4. The minimum atomic E-state index is -5.11. The molecule has 49 heavy (non-hydrogen) atoms. The summed E-state index contributed by atoms with van der Waals surface area (Å²) in [5.74, 6) is -2.42. The number of ether oxygens (including phenoxy) is 1. The standard InChI is InChI=1S/C33H31F6N7O2S/c1-16(47)45-9-6-18(14-45)44(2)30-20-10-22(33(37,38)39)25(19-4-5-23(35)28-24(19)21(12-40)29(41)49-28)26(36)27(20)42-31(43-30)48-15-32-7-3-8-46(32)13-17(34)11-32/h4-5,10,17-18H,3,6-9,11,13-15,41H2,1-2H3/t17-,18-,32+/m1/s1. The van der Waals surface area contributed by atoms with Crippen LogP contribution in [0.5, 0.6) is 6.01 Å². The first-order valence-electron chi connectivity index (χ1n) is 15.7. The molecular formula is C33H31F6N7O2S. The summed E-state index contributed by atoms with van der Waals surface area (Å²) in [5.41, 5.74) is 1.86. The van der Waals surface area contributed by atoms with E-state index in [0.29, 0.717) is 37.3 Å². The maximum atomic E-state index is 17.0. The molecule has 5 heterocycles. The molecule has 0 unspecified atom stereocenters. The van der Waals surface area contributed by atoms with E-state index in [0.717, 1.165) is 24.6 Å². The molecule has 0 spiro atoms. The number of aromatic nitrogens is 2. The highest BCUT2D eigenvalue weighted by Gasteiger charge is 2.49. The lowest BCUT2D eigenvalue weighted by Gasteiger charge is -2.31. The number of likely N-dealkylation sites (N-methyl/N-ethyl adjacent to an activating group) is 1. The largest absolute Gasteiger partial charge is 0.461 e. The van der Waals surface area contributed by atoms with Gasteiger partial charge in [0.05, 0.1) is 21.4 Å². The number of anilines is 2. The van der Waals surface area contributed by atoms with E-state index in [4.69, 9.17) is 10.5 Å². The second kappa shape index (κ2) is 11.9. The lowest BCUT2D eigenvalue weighted by Crippen LogP contribution is -2.43. The predicted octanol–water partition coefficient (Wildman–Crippen LogP) is 6.27. The summed E-state index contributed by atoms with van der Waals surface area (Å²) in [6.07, 6.45) is -3.96. The van der Waals surface area contributed by atoms with Gasteiger partial charge < -0.3 is 20.3 Å². The number of nitrogens with two attached hydrogens (primary N) is 1. The van der Waals surface area contributed by atoms with Crippen LogP contribution >= 0.6 is 11.3 Å². The molecule has 3 aliphatic rings. The number of hydrogen-bond donors (Lipinski definition) is 1. The number of nitrogens with zero attached hydrogens (tertiary/aromatic N) is 6. The van der Waals surface area contributed by atoms with Crippen molar-refractivity contribution in [3.63, 3.8) is 0 Å². The van der Waals surface area contributed by atoms with E-state index < -0.39 is 46.2 Å². The fraction of sp³-hybridized carbons (Fsp3) is 0.455. The molecule has 0 saturated carbocycles. The van der Waals surface area contributed by atoms with Gasteiger partial charge in [-0.25, -0.2) is 13.2 Å². The van der Waals surface area contributed by atoms with Gasteiger partial charge in [-0.05, 0) is 43.5 Å². The molecule has 7 rings (SSSR count). The zero-order valence-electron chi connectivity index (χ0n) is 26.5. The maximum absolute atomic E-state index is 17.0. The highest BCUT2D eigenvalue weighted by Crippen LogP contribution is 2.48. The first kappa shape index (κ1) is 33.2. The van der Waals surface area contributed by atoms with Gasteiger partial charge in [-0.15, -0.1) is 11.3 Å². The molecule has 4 aromatic rings. The average Bonchev–Trinajstić information content (AvgIpc) is 3.82. The van der Waals surface area contributed by atoms with E-state index in [-0.39, 0.29) is 81.5 Å². The van der Waals surface area contributed by atoms with Gasteiger partial charge in [0.2, 0.25) is 5.91 Å². The van der Waals surface area contributed by atoms with Crippen LogP contribution in [0.25, 0.3) is 32.1 Å².